The Morgan fingerprint density at radius 2 is 1.92 bits per heavy atom. The zero-order chi connectivity index (χ0) is 19.5. The molecule has 1 aromatic rings. The average molecular weight is 384 g/mol. The molecule has 0 bridgehead atoms. The first kappa shape index (κ1) is 20.3. The van der Waals surface area contributed by atoms with Crippen LogP contribution >= 0.6 is 0 Å². The third-order valence-corrected chi connectivity index (χ3v) is 6.45. The minimum Gasteiger partial charge on any atom is -0.481 e. The van der Waals surface area contributed by atoms with Crippen molar-refractivity contribution >= 4 is 21.9 Å². The van der Waals surface area contributed by atoms with Gasteiger partial charge in [0.15, 0.2) is 0 Å². The molecule has 0 saturated carbocycles. The molecule has 1 unspecified atom stereocenters. The van der Waals surface area contributed by atoms with Gasteiger partial charge in [0.05, 0.1) is 30.6 Å². The highest BCUT2D eigenvalue weighted by Gasteiger charge is 2.30. The highest BCUT2D eigenvalue weighted by Crippen LogP contribution is 2.20. The number of sulfonamides is 1. The van der Waals surface area contributed by atoms with Crippen molar-refractivity contribution in [3.8, 4) is 0 Å². The summed E-state index contributed by atoms with van der Waals surface area (Å²) < 4.78 is 31.5. The van der Waals surface area contributed by atoms with E-state index in [-0.39, 0.29) is 29.9 Å². The van der Waals surface area contributed by atoms with E-state index < -0.39 is 22.0 Å². The van der Waals surface area contributed by atoms with Gasteiger partial charge in [-0.25, -0.2) is 8.42 Å². The summed E-state index contributed by atoms with van der Waals surface area (Å²) >= 11 is 0. The summed E-state index contributed by atoms with van der Waals surface area (Å²) in [6.45, 7) is 4.36. The van der Waals surface area contributed by atoms with Crippen molar-refractivity contribution in [3.63, 3.8) is 0 Å². The lowest BCUT2D eigenvalue weighted by Crippen LogP contribution is -2.49. The molecule has 1 amide bonds. The summed E-state index contributed by atoms with van der Waals surface area (Å²) in [4.78, 5) is 25.3. The van der Waals surface area contributed by atoms with E-state index in [0.29, 0.717) is 18.7 Å². The summed E-state index contributed by atoms with van der Waals surface area (Å²) in [6.07, 6.45) is -0.197. The minimum absolute atomic E-state index is 0.106. The smallest absolute Gasteiger partial charge is 0.305 e. The van der Waals surface area contributed by atoms with Gasteiger partial charge in [0.1, 0.15) is 0 Å². The van der Waals surface area contributed by atoms with Crippen LogP contribution in [0.4, 0.5) is 0 Å². The molecule has 0 aliphatic carbocycles. The van der Waals surface area contributed by atoms with Gasteiger partial charge in [-0.15, -0.1) is 0 Å². The Labute approximate surface area is 153 Å². The highest BCUT2D eigenvalue weighted by molar-refractivity contribution is 7.89. The number of carboxylic acid groups (broad SMARTS) is 1. The Balaban J connectivity index is 2.21. The van der Waals surface area contributed by atoms with Gasteiger partial charge in [-0.05, 0) is 38.1 Å². The Morgan fingerprint density at radius 3 is 2.46 bits per heavy atom. The van der Waals surface area contributed by atoms with Gasteiger partial charge in [-0.3, -0.25) is 9.59 Å². The fourth-order valence-electron chi connectivity index (χ4n) is 2.67. The maximum absolute atomic E-state index is 12.7. The van der Waals surface area contributed by atoms with E-state index in [0.717, 1.165) is 0 Å². The second kappa shape index (κ2) is 8.15. The minimum atomic E-state index is -3.62. The number of carboxylic acids is 1. The van der Waals surface area contributed by atoms with Crippen LogP contribution in [0.15, 0.2) is 29.2 Å². The molecular weight excluding hydrogens is 360 g/mol. The van der Waals surface area contributed by atoms with Crippen LogP contribution in [-0.2, 0) is 19.6 Å². The van der Waals surface area contributed by atoms with Crippen molar-refractivity contribution in [1.82, 2.24) is 9.21 Å². The number of amides is 1. The van der Waals surface area contributed by atoms with Crippen LogP contribution in [-0.4, -0.2) is 73.5 Å². The SMILES string of the molecule is CC(C)N(C)S(=O)(=O)c1ccc(C(=O)N2CCOCC2CC(=O)O)cc1. The Bertz CT molecular complexity index is 760. The third kappa shape index (κ3) is 4.40. The van der Waals surface area contributed by atoms with Gasteiger partial charge in [0.2, 0.25) is 10.0 Å². The summed E-state index contributed by atoms with van der Waals surface area (Å²) in [7, 11) is -2.12. The first-order chi connectivity index (χ1) is 12.1. The molecule has 1 fully saturated rings. The van der Waals surface area contributed by atoms with E-state index in [1.54, 1.807) is 13.8 Å². The monoisotopic (exact) mass is 384 g/mol. The number of morpholine rings is 1. The molecule has 1 aliphatic rings. The number of aliphatic carboxylic acids is 1. The molecule has 144 valence electrons. The standard InChI is InChI=1S/C17H24N2O6S/c1-12(2)18(3)26(23,24)15-6-4-13(5-7-15)17(22)19-8-9-25-11-14(19)10-16(20)21/h4-7,12,14H,8-11H2,1-3H3,(H,20,21). The number of nitrogens with zero attached hydrogens (tertiary/aromatic N) is 2. The molecular formula is C17H24N2O6S. The quantitative estimate of drug-likeness (QED) is 0.786. The summed E-state index contributed by atoms with van der Waals surface area (Å²) in [5, 5.41) is 8.99. The number of rotatable bonds is 6. The van der Waals surface area contributed by atoms with E-state index in [4.69, 9.17) is 9.84 Å². The van der Waals surface area contributed by atoms with Crippen LogP contribution in [0.1, 0.15) is 30.6 Å². The Morgan fingerprint density at radius 1 is 1.31 bits per heavy atom. The Hall–Kier alpha value is -1.97. The zero-order valence-corrected chi connectivity index (χ0v) is 15.9. The summed E-state index contributed by atoms with van der Waals surface area (Å²) in [5.41, 5.74) is 0.313. The second-order valence-corrected chi connectivity index (χ2v) is 8.46. The van der Waals surface area contributed by atoms with Gasteiger partial charge in [-0.1, -0.05) is 0 Å². The van der Waals surface area contributed by atoms with E-state index in [2.05, 4.69) is 0 Å². The number of carbonyl (C=O) groups excluding carboxylic acids is 1. The molecule has 1 N–H and O–H groups in total. The van der Waals surface area contributed by atoms with Gasteiger partial charge < -0.3 is 14.7 Å². The zero-order valence-electron chi connectivity index (χ0n) is 15.1. The lowest BCUT2D eigenvalue weighted by Gasteiger charge is -2.35. The summed E-state index contributed by atoms with van der Waals surface area (Å²) in [6, 6.07) is 4.98. The molecule has 1 heterocycles. The predicted octanol–water partition coefficient (Wildman–Crippen LogP) is 1.03. The van der Waals surface area contributed by atoms with Gasteiger partial charge in [0.25, 0.3) is 5.91 Å². The fourth-order valence-corrected chi connectivity index (χ4v) is 4.04. The maximum Gasteiger partial charge on any atom is 0.305 e. The second-order valence-electron chi connectivity index (χ2n) is 6.46. The molecule has 0 radical (unpaired) electrons. The molecule has 0 spiro atoms. The average Bonchev–Trinajstić information content (AvgIpc) is 2.60. The lowest BCUT2D eigenvalue weighted by molar-refractivity contribution is -0.139. The van der Waals surface area contributed by atoms with Crippen LogP contribution in [0.5, 0.6) is 0 Å². The molecule has 9 heteroatoms. The van der Waals surface area contributed by atoms with E-state index in [1.807, 2.05) is 0 Å². The molecule has 1 atom stereocenters. The number of hydrogen-bond donors (Lipinski definition) is 1. The van der Waals surface area contributed by atoms with E-state index in [1.165, 1.54) is 40.5 Å². The molecule has 8 nitrogen and oxygen atoms in total. The van der Waals surface area contributed by atoms with Crippen LogP contribution in [0, 0.1) is 0 Å². The van der Waals surface area contributed by atoms with Crippen LogP contribution in [0.25, 0.3) is 0 Å². The van der Waals surface area contributed by atoms with Crippen molar-refractivity contribution in [2.75, 3.05) is 26.8 Å². The number of carbonyl (C=O) groups is 2. The molecule has 2 rings (SSSR count). The van der Waals surface area contributed by atoms with E-state index in [9.17, 15) is 18.0 Å². The van der Waals surface area contributed by atoms with Crippen molar-refractivity contribution in [3.05, 3.63) is 29.8 Å². The molecule has 1 aliphatic heterocycles. The Kier molecular flexibility index (Phi) is 6.38. The van der Waals surface area contributed by atoms with Crippen molar-refractivity contribution in [1.29, 1.82) is 0 Å². The molecule has 0 aromatic heterocycles. The topological polar surface area (TPSA) is 104 Å². The number of benzene rings is 1. The van der Waals surface area contributed by atoms with Crippen LogP contribution in [0.3, 0.4) is 0 Å². The largest absolute Gasteiger partial charge is 0.481 e. The van der Waals surface area contributed by atoms with Gasteiger partial charge in [0, 0.05) is 25.2 Å². The van der Waals surface area contributed by atoms with Crippen molar-refractivity contribution in [2.24, 2.45) is 0 Å². The number of ether oxygens (including phenoxy) is 1. The molecule has 1 saturated heterocycles. The lowest BCUT2D eigenvalue weighted by atomic mass is 10.1. The fraction of sp³-hybridized carbons (Fsp3) is 0.529. The molecule has 26 heavy (non-hydrogen) atoms. The molecule has 1 aromatic carbocycles. The third-order valence-electron chi connectivity index (χ3n) is 4.40. The van der Waals surface area contributed by atoms with Crippen LogP contribution in [0.2, 0.25) is 0 Å². The highest BCUT2D eigenvalue weighted by atomic mass is 32.2. The normalized spacial score (nSPS) is 18.3. The first-order valence-corrected chi connectivity index (χ1v) is 9.77. The maximum atomic E-state index is 12.7. The van der Waals surface area contributed by atoms with Gasteiger partial charge in [-0.2, -0.15) is 4.31 Å². The summed E-state index contributed by atoms with van der Waals surface area (Å²) in [5.74, 6) is -1.34. The van der Waals surface area contributed by atoms with Crippen molar-refractivity contribution in [2.45, 2.75) is 37.2 Å². The van der Waals surface area contributed by atoms with Crippen molar-refractivity contribution < 1.29 is 27.9 Å². The first-order valence-electron chi connectivity index (χ1n) is 8.33. The van der Waals surface area contributed by atoms with Crippen LogP contribution < -0.4 is 0 Å². The predicted molar refractivity (Wildman–Crippen MR) is 94.4 cm³/mol. The number of hydrogen-bond acceptors (Lipinski definition) is 5. The van der Waals surface area contributed by atoms with E-state index >= 15 is 0 Å². The van der Waals surface area contributed by atoms with Gasteiger partial charge >= 0.3 is 5.97 Å².